The van der Waals surface area contributed by atoms with Crippen LogP contribution in [0.1, 0.15) is 45.8 Å². The molecule has 1 unspecified atom stereocenters. The van der Waals surface area contributed by atoms with Crippen molar-refractivity contribution in [2.75, 3.05) is 11.5 Å². The lowest BCUT2D eigenvalue weighted by atomic mass is 9.98. The van der Waals surface area contributed by atoms with Crippen molar-refractivity contribution in [2.45, 2.75) is 26.8 Å². The number of amides is 1. The van der Waals surface area contributed by atoms with Crippen LogP contribution in [0, 0.1) is 13.8 Å². The van der Waals surface area contributed by atoms with Gasteiger partial charge >= 0.3 is 0 Å². The summed E-state index contributed by atoms with van der Waals surface area (Å²) in [5.41, 5.74) is 4.06. The molecular formula is C27H22ClNO4. The Labute approximate surface area is 196 Å². The van der Waals surface area contributed by atoms with E-state index in [1.54, 1.807) is 23.1 Å². The third kappa shape index (κ3) is 3.49. The molecule has 0 N–H and O–H groups in total. The highest BCUT2D eigenvalue weighted by Crippen LogP contribution is 2.42. The second-order valence-corrected chi connectivity index (χ2v) is 8.60. The molecule has 0 saturated heterocycles. The highest BCUT2D eigenvalue weighted by Gasteiger charge is 2.43. The van der Waals surface area contributed by atoms with Gasteiger partial charge in [-0.2, -0.15) is 0 Å². The minimum atomic E-state index is -0.634. The summed E-state index contributed by atoms with van der Waals surface area (Å²) >= 11 is 6.16. The molecule has 1 atom stereocenters. The van der Waals surface area contributed by atoms with Crippen LogP contribution in [0.3, 0.4) is 0 Å². The summed E-state index contributed by atoms with van der Waals surface area (Å²) in [6.07, 6.45) is 0. The van der Waals surface area contributed by atoms with E-state index in [1.807, 2.05) is 63.2 Å². The molecule has 6 heteroatoms. The van der Waals surface area contributed by atoms with E-state index in [1.165, 1.54) is 0 Å². The SMILES string of the molecule is CCOc1ccc(C2c3c(oc4ccc(Cl)cc4c3=O)C(=O)N2c2ccc(C)c(C)c2)cc1. The predicted molar refractivity (Wildman–Crippen MR) is 130 cm³/mol. The first-order valence-electron chi connectivity index (χ1n) is 10.8. The molecule has 1 aliphatic heterocycles. The molecule has 33 heavy (non-hydrogen) atoms. The number of hydrogen-bond donors (Lipinski definition) is 0. The van der Waals surface area contributed by atoms with Crippen LogP contribution in [0.2, 0.25) is 5.02 Å². The van der Waals surface area contributed by atoms with Crippen molar-refractivity contribution in [3.05, 3.63) is 104 Å². The van der Waals surface area contributed by atoms with Gasteiger partial charge in [0, 0.05) is 10.7 Å². The van der Waals surface area contributed by atoms with Gasteiger partial charge in [0.05, 0.1) is 23.6 Å². The van der Waals surface area contributed by atoms with E-state index in [-0.39, 0.29) is 17.1 Å². The maximum atomic E-state index is 13.7. The van der Waals surface area contributed by atoms with Gasteiger partial charge in [0.15, 0.2) is 5.43 Å². The summed E-state index contributed by atoms with van der Waals surface area (Å²) in [5.74, 6) is 0.439. The molecule has 0 fully saturated rings. The van der Waals surface area contributed by atoms with E-state index in [4.69, 9.17) is 20.8 Å². The topological polar surface area (TPSA) is 59.8 Å². The molecule has 5 nitrogen and oxygen atoms in total. The Morgan fingerprint density at radius 2 is 1.73 bits per heavy atom. The minimum Gasteiger partial charge on any atom is -0.494 e. The third-order valence-corrected chi connectivity index (χ3v) is 6.34. The van der Waals surface area contributed by atoms with Crippen molar-refractivity contribution in [1.82, 2.24) is 0 Å². The fraction of sp³-hybridized carbons (Fsp3) is 0.185. The van der Waals surface area contributed by atoms with Gasteiger partial charge in [-0.3, -0.25) is 14.5 Å². The second kappa shape index (κ2) is 8.09. The van der Waals surface area contributed by atoms with Crippen molar-refractivity contribution in [1.29, 1.82) is 0 Å². The maximum absolute atomic E-state index is 13.7. The average molecular weight is 460 g/mol. The van der Waals surface area contributed by atoms with Crippen molar-refractivity contribution in [3.8, 4) is 5.75 Å². The van der Waals surface area contributed by atoms with E-state index in [9.17, 15) is 9.59 Å². The van der Waals surface area contributed by atoms with E-state index < -0.39 is 6.04 Å². The highest BCUT2D eigenvalue weighted by atomic mass is 35.5. The first-order chi connectivity index (χ1) is 15.9. The van der Waals surface area contributed by atoms with Crippen LogP contribution in [-0.4, -0.2) is 12.5 Å². The van der Waals surface area contributed by atoms with Crippen molar-refractivity contribution < 1.29 is 13.9 Å². The molecule has 0 bridgehead atoms. The standard InChI is InChI=1S/C27H22ClNO4/c1-4-32-20-10-6-17(7-11-20)24-23-25(30)21-14-18(28)8-12-22(21)33-26(23)27(31)29(24)19-9-5-15(2)16(3)13-19/h5-14,24H,4H2,1-3H3. The van der Waals surface area contributed by atoms with E-state index in [0.717, 1.165) is 22.4 Å². The fourth-order valence-electron chi connectivity index (χ4n) is 4.32. The molecule has 3 aromatic carbocycles. The van der Waals surface area contributed by atoms with Crippen molar-refractivity contribution >= 4 is 34.2 Å². The lowest BCUT2D eigenvalue weighted by molar-refractivity contribution is 0.0971. The fourth-order valence-corrected chi connectivity index (χ4v) is 4.49. The quantitative estimate of drug-likeness (QED) is 0.364. The Hall–Kier alpha value is -3.57. The van der Waals surface area contributed by atoms with Gasteiger partial charge in [-0.25, -0.2) is 0 Å². The monoisotopic (exact) mass is 459 g/mol. The summed E-state index contributed by atoms with van der Waals surface area (Å²) in [7, 11) is 0. The molecule has 1 aliphatic rings. The summed E-state index contributed by atoms with van der Waals surface area (Å²) < 4.78 is 11.6. The number of carbonyl (C=O) groups excluding carboxylic acids is 1. The number of nitrogens with zero attached hydrogens (tertiary/aromatic N) is 1. The molecule has 0 radical (unpaired) electrons. The summed E-state index contributed by atoms with van der Waals surface area (Å²) in [5, 5.41) is 0.787. The number of rotatable bonds is 4. The van der Waals surface area contributed by atoms with Crippen LogP contribution in [0.5, 0.6) is 5.75 Å². The molecular weight excluding hydrogens is 438 g/mol. The van der Waals surface area contributed by atoms with Crippen LogP contribution in [-0.2, 0) is 0 Å². The van der Waals surface area contributed by atoms with Crippen LogP contribution in [0.25, 0.3) is 11.0 Å². The Morgan fingerprint density at radius 1 is 0.970 bits per heavy atom. The summed E-state index contributed by atoms with van der Waals surface area (Å²) in [4.78, 5) is 28.9. The van der Waals surface area contributed by atoms with E-state index >= 15 is 0 Å². The highest BCUT2D eigenvalue weighted by molar-refractivity contribution is 6.31. The summed E-state index contributed by atoms with van der Waals surface area (Å²) in [6, 6.07) is 17.5. The van der Waals surface area contributed by atoms with Gasteiger partial charge < -0.3 is 9.15 Å². The average Bonchev–Trinajstić information content (AvgIpc) is 3.09. The Morgan fingerprint density at radius 3 is 2.42 bits per heavy atom. The Kier molecular flexibility index (Phi) is 5.22. The molecule has 0 saturated carbocycles. The lowest BCUT2D eigenvalue weighted by Crippen LogP contribution is -2.29. The van der Waals surface area contributed by atoms with E-state index in [0.29, 0.717) is 33.8 Å². The molecule has 0 aliphatic carbocycles. The summed E-state index contributed by atoms with van der Waals surface area (Å²) in [6.45, 7) is 6.49. The molecule has 1 aromatic heterocycles. The van der Waals surface area contributed by atoms with Gasteiger partial charge in [-0.1, -0.05) is 29.8 Å². The number of carbonyl (C=O) groups is 1. The Balaban J connectivity index is 1.77. The normalized spacial score (nSPS) is 15.2. The predicted octanol–water partition coefficient (Wildman–Crippen LogP) is 6.21. The number of hydrogen-bond acceptors (Lipinski definition) is 4. The number of anilines is 1. The number of ether oxygens (including phenoxy) is 1. The number of benzene rings is 3. The van der Waals surface area contributed by atoms with Crippen LogP contribution < -0.4 is 15.1 Å². The molecule has 4 aromatic rings. The first kappa shape index (κ1) is 21.3. The maximum Gasteiger partial charge on any atom is 0.295 e. The molecule has 0 spiro atoms. The second-order valence-electron chi connectivity index (χ2n) is 8.16. The zero-order valence-corrected chi connectivity index (χ0v) is 19.3. The van der Waals surface area contributed by atoms with Gasteiger partial charge in [-0.05, 0) is 79.9 Å². The van der Waals surface area contributed by atoms with Gasteiger partial charge in [0.1, 0.15) is 11.3 Å². The van der Waals surface area contributed by atoms with Crippen LogP contribution in [0.4, 0.5) is 5.69 Å². The number of aryl methyl sites for hydroxylation is 2. The van der Waals surface area contributed by atoms with Gasteiger partial charge in [-0.15, -0.1) is 0 Å². The minimum absolute atomic E-state index is 0.0620. The van der Waals surface area contributed by atoms with Crippen LogP contribution >= 0.6 is 11.6 Å². The zero-order valence-electron chi connectivity index (χ0n) is 18.5. The van der Waals surface area contributed by atoms with Crippen molar-refractivity contribution in [3.63, 3.8) is 0 Å². The van der Waals surface area contributed by atoms with Crippen molar-refractivity contribution in [2.24, 2.45) is 0 Å². The molecule has 166 valence electrons. The lowest BCUT2D eigenvalue weighted by Gasteiger charge is -2.26. The molecule has 2 heterocycles. The Bertz CT molecular complexity index is 1460. The molecule has 5 rings (SSSR count). The number of fused-ring (bicyclic) bond motifs is 2. The third-order valence-electron chi connectivity index (χ3n) is 6.11. The van der Waals surface area contributed by atoms with Crippen LogP contribution in [0.15, 0.2) is 69.9 Å². The molecule has 1 amide bonds. The largest absolute Gasteiger partial charge is 0.494 e. The van der Waals surface area contributed by atoms with Gasteiger partial charge in [0.25, 0.3) is 5.91 Å². The zero-order chi connectivity index (χ0) is 23.3. The number of halogens is 1. The van der Waals surface area contributed by atoms with E-state index in [2.05, 4.69) is 0 Å². The smallest absolute Gasteiger partial charge is 0.295 e. The first-order valence-corrected chi connectivity index (χ1v) is 11.2. The van der Waals surface area contributed by atoms with Gasteiger partial charge in [0.2, 0.25) is 5.76 Å².